The van der Waals surface area contributed by atoms with Gasteiger partial charge < -0.3 is 5.32 Å². The largest absolute Gasteiger partial charge is 0.376 e. The summed E-state index contributed by atoms with van der Waals surface area (Å²) in [6, 6.07) is 4.39. The minimum absolute atomic E-state index is 0.358. The molecular weight excluding hydrogens is 184 g/mol. The van der Waals surface area contributed by atoms with Crippen LogP contribution in [0.1, 0.15) is 5.69 Å². The lowest BCUT2D eigenvalue weighted by Gasteiger charge is -2.21. The summed E-state index contributed by atoms with van der Waals surface area (Å²) in [5.74, 6) is 0.434. The molecule has 74 valence electrons. The quantitative estimate of drug-likeness (QED) is 0.690. The van der Waals surface area contributed by atoms with Crippen LogP contribution in [0.2, 0.25) is 0 Å². The molecule has 2 nitrogen and oxygen atoms in total. The molecule has 0 amide bonds. The van der Waals surface area contributed by atoms with Gasteiger partial charge in [0.15, 0.2) is 0 Å². The Bertz CT molecular complexity index is 457. The van der Waals surface area contributed by atoms with Crippen LogP contribution in [0.5, 0.6) is 0 Å². The number of rotatable bonds is 0. The van der Waals surface area contributed by atoms with Crippen molar-refractivity contribution in [3.05, 3.63) is 54.4 Å². The second-order valence-corrected chi connectivity index (χ2v) is 3.81. The van der Waals surface area contributed by atoms with Crippen LogP contribution in [0.3, 0.4) is 0 Å². The minimum atomic E-state index is 0.358. The van der Waals surface area contributed by atoms with E-state index in [4.69, 9.17) is 0 Å². The SMILES string of the molecule is C1=CC2C=Cc3ncccc3NC2C=C1. The number of nitrogens with zero attached hydrogens (tertiary/aromatic N) is 1. The molecule has 15 heavy (non-hydrogen) atoms. The maximum atomic E-state index is 4.34. The Morgan fingerprint density at radius 1 is 1.13 bits per heavy atom. The zero-order valence-corrected chi connectivity index (χ0v) is 8.30. The smallest absolute Gasteiger partial charge is 0.0858 e. The summed E-state index contributed by atoms with van der Waals surface area (Å²) in [5, 5.41) is 3.50. The van der Waals surface area contributed by atoms with E-state index in [1.807, 2.05) is 12.3 Å². The summed E-state index contributed by atoms with van der Waals surface area (Å²) < 4.78 is 0. The van der Waals surface area contributed by atoms with E-state index in [0.29, 0.717) is 12.0 Å². The van der Waals surface area contributed by atoms with Crippen LogP contribution >= 0.6 is 0 Å². The highest BCUT2D eigenvalue weighted by Crippen LogP contribution is 2.26. The summed E-state index contributed by atoms with van der Waals surface area (Å²) >= 11 is 0. The second-order valence-electron chi connectivity index (χ2n) is 3.81. The van der Waals surface area contributed by atoms with Gasteiger partial charge in [0.05, 0.1) is 17.4 Å². The monoisotopic (exact) mass is 196 g/mol. The first kappa shape index (κ1) is 8.48. The van der Waals surface area contributed by atoms with Gasteiger partial charge in [0, 0.05) is 12.1 Å². The van der Waals surface area contributed by atoms with Crippen molar-refractivity contribution in [3.8, 4) is 0 Å². The highest BCUT2D eigenvalue weighted by molar-refractivity contribution is 5.66. The molecule has 2 heteroatoms. The Kier molecular flexibility index (Phi) is 1.91. The van der Waals surface area contributed by atoms with Crippen molar-refractivity contribution in [2.75, 3.05) is 5.32 Å². The number of aromatic nitrogens is 1. The Morgan fingerprint density at radius 3 is 3.07 bits per heavy atom. The van der Waals surface area contributed by atoms with Crippen molar-refractivity contribution >= 4 is 11.8 Å². The second kappa shape index (κ2) is 3.39. The first-order chi connectivity index (χ1) is 7.43. The van der Waals surface area contributed by atoms with E-state index in [9.17, 15) is 0 Å². The number of anilines is 1. The van der Waals surface area contributed by atoms with E-state index in [0.717, 1.165) is 11.4 Å². The molecule has 0 spiro atoms. The average Bonchev–Trinajstić information content (AvgIpc) is 2.48. The summed E-state index contributed by atoms with van der Waals surface area (Å²) in [5.41, 5.74) is 2.13. The summed E-state index contributed by atoms with van der Waals surface area (Å²) in [6.07, 6.45) is 14.7. The molecule has 0 fully saturated rings. The van der Waals surface area contributed by atoms with Gasteiger partial charge in [-0.1, -0.05) is 30.4 Å². The van der Waals surface area contributed by atoms with Gasteiger partial charge >= 0.3 is 0 Å². The molecule has 0 bridgehead atoms. The van der Waals surface area contributed by atoms with Crippen LogP contribution in [0.4, 0.5) is 5.69 Å². The maximum absolute atomic E-state index is 4.34. The summed E-state index contributed by atoms with van der Waals surface area (Å²) in [6.45, 7) is 0. The zero-order chi connectivity index (χ0) is 10.1. The number of nitrogens with one attached hydrogen (secondary N) is 1. The fourth-order valence-electron chi connectivity index (χ4n) is 2.01. The molecule has 1 N–H and O–H groups in total. The molecule has 2 heterocycles. The predicted octanol–water partition coefficient (Wildman–Crippen LogP) is 2.63. The molecule has 1 aromatic rings. The van der Waals surface area contributed by atoms with Crippen molar-refractivity contribution in [2.24, 2.45) is 5.92 Å². The molecule has 3 rings (SSSR count). The molecule has 0 aromatic carbocycles. The van der Waals surface area contributed by atoms with Gasteiger partial charge in [0.2, 0.25) is 0 Å². The predicted molar refractivity (Wildman–Crippen MR) is 62.5 cm³/mol. The molecule has 0 saturated heterocycles. The lowest BCUT2D eigenvalue weighted by Crippen LogP contribution is -2.25. The number of hydrogen-bond acceptors (Lipinski definition) is 2. The van der Waals surface area contributed by atoms with Crippen LogP contribution in [0.25, 0.3) is 6.08 Å². The molecule has 2 atom stereocenters. The average molecular weight is 196 g/mol. The van der Waals surface area contributed by atoms with Crippen molar-refractivity contribution in [2.45, 2.75) is 6.04 Å². The molecule has 0 saturated carbocycles. The van der Waals surface area contributed by atoms with Gasteiger partial charge in [0.1, 0.15) is 0 Å². The first-order valence-corrected chi connectivity index (χ1v) is 5.18. The first-order valence-electron chi connectivity index (χ1n) is 5.18. The third kappa shape index (κ3) is 1.48. The van der Waals surface area contributed by atoms with Crippen LogP contribution in [0.15, 0.2) is 48.7 Å². The fraction of sp³-hybridized carbons (Fsp3) is 0.154. The van der Waals surface area contributed by atoms with Gasteiger partial charge in [0.25, 0.3) is 0 Å². The number of allylic oxidation sites excluding steroid dienone is 2. The van der Waals surface area contributed by atoms with Gasteiger partial charge in [-0.15, -0.1) is 0 Å². The van der Waals surface area contributed by atoms with Gasteiger partial charge in [-0.2, -0.15) is 0 Å². The highest BCUT2D eigenvalue weighted by Gasteiger charge is 2.19. The van der Waals surface area contributed by atoms with Crippen molar-refractivity contribution < 1.29 is 0 Å². The molecule has 0 radical (unpaired) electrons. The van der Waals surface area contributed by atoms with Gasteiger partial charge in [-0.05, 0) is 18.2 Å². The molecular formula is C13H12N2. The van der Waals surface area contributed by atoms with Crippen molar-refractivity contribution in [1.82, 2.24) is 4.98 Å². The van der Waals surface area contributed by atoms with E-state index in [1.165, 1.54) is 0 Å². The molecule has 1 aliphatic heterocycles. The number of hydrogen-bond donors (Lipinski definition) is 1. The fourth-order valence-corrected chi connectivity index (χ4v) is 2.01. The normalized spacial score (nSPS) is 26.4. The number of pyridine rings is 1. The van der Waals surface area contributed by atoms with Gasteiger partial charge in [-0.25, -0.2) is 0 Å². The highest BCUT2D eigenvalue weighted by atomic mass is 14.9. The van der Waals surface area contributed by atoms with E-state index < -0.39 is 0 Å². The topological polar surface area (TPSA) is 24.9 Å². The molecule has 1 aromatic heterocycles. The van der Waals surface area contributed by atoms with E-state index in [1.54, 1.807) is 0 Å². The van der Waals surface area contributed by atoms with Crippen LogP contribution < -0.4 is 5.32 Å². The van der Waals surface area contributed by atoms with Gasteiger partial charge in [-0.3, -0.25) is 4.98 Å². The summed E-state index contributed by atoms with van der Waals surface area (Å²) in [7, 11) is 0. The minimum Gasteiger partial charge on any atom is -0.376 e. The standard InChI is InChI=1S/C13H12N2/c1-2-5-11-10(4-1)7-8-12-13(15-11)6-3-9-14-12/h1-11,15H. The third-order valence-corrected chi connectivity index (χ3v) is 2.81. The Balaban J connectivity index is 2.04. The lowest BCUT2D eigenvalue weighted by molar-refractivity contribution is 0.732. The summed E-state index contributed by atoms with van der Waals surface area (Å²) in [4.78, 5) is 4.34. The molecule has 2 unspecified atom stereocenters. The Labute approximate surface area is 89.0 Å². The van der Waals surface area contributed by atoms with Crippen molar-refractivity contribution in [3.63, 3.8) is 0 Å². The van der Waals surface area contributed by atoms with E-state index >= 15 is 0 Å². The van der Waals surface area contributed by atoms with Crippen molar-refractivity contribution in [1.29, 1.82) is 0 Å². The maximum Gasteiger partial charge on any atom is 0.0858 e. The third-order valence-electron chi connectivity index (χ3n) is 2.81. The van der Waals surface area contributed by atoms with Crippen LogP contribution in [-0.4, -0.2) is 11.0 Å². The Hall–Kier alpha value is -1.83. The lowest BCUT2D eigenvalue weighted by atomic mass is 9.95. The van der Waals surface area contributed by atoms with Crippen LogP contribution in [0, 0.1) is 5.92 Å². The molecule has 2 aliphatic rings. The van der Waals surface area contributed by atoms with E-state index in [2.05, 4.69) is 52.8 Å². The zero-order valence-electron chi connectivity index (χ0n) is 8.30. The molecule has 1 aliphatic carbocycles. The Morgan fingerprint density at radius 2 is 2.07 bits per heavy atom. The van der Waals surface area contributed by atoms with Crippen LogP contribution in [-0.2, 0) is 0 Å². The number of fused-ring (bicyclic) bond motifs is 2. The van der Waals surface area contributed by atoms with E-state index in [-0.39, 0.29) is 0 Å².